The van der Waals surface area contributed by atoms with Crippen molar-refractivity contribution in [3.63, 3.8) is 0 Å². The second-order valence-corrected chi connectivity index (χ2v) is 8.47. The first-order chi connectivity index (χ1) is 14.9. The summed E-state index contributed by atoms with van der Waals surface area (Å²) in [7, 11) is 0. The molecule has 3 amide bonds. The Labute approximate surface area is 182 Å². The van der Waals surface area contributed by atoms with E-state index in [-0.39, 0.29) is 24.1 Å². The second-order valence-electron chi connectivity index (χ2n) is 8.47. The number of carbonyl (C=O) groups is 2. The van der Waals surface area contributed by atoms with E-state index < -0.39 is 0 Å². The van der Waals surface area contributed by atoms with E-state index in [0.29, 0.717) is 31.0 Å². The first-order valence-electron chi connectivity index (χ1n) is 10.9. The standard InChI is InChI=1S/C22H30N6O3/c1-14(2)24-22(30)27-10-9-18-16(13-27)6-4-8-19(18)28-15(3)20(25-26-28)21(29)23-12-17-7-5-11-31-17/h4,6,8,14,17H,5,7,9-13H2,1-3H3,(H,23,29)(H,24,30)/t17-/m0/s1. The summed E-state index contributed by atoms with van der Waals surface area (Å²) >= 11 is 0. The van der Waals surface area contributed by atoms with E-state index in [9.17, 15) is 9.59 Å². The minimum absolute atomic E-state index is 0.0480. The molecule has 4 rings (SSSR count). The lowest BCUT2D eigenvalue weighted by Gasteiger charge is -2.30. The van der Waals surface area contributed by atoms with Gasteiger partial charge in [-0.25, -0.2) is 9.48 Å². The van der Waals surface area contributed by atoms with Gasteiger partial charge in [-0.1, -0.05) is 17.3 Å². The van der Waals surface area contributed by atoms with Gasteiger partial charge in [-0.05, 0) is 57.2 Å². The van der Waals surface area contributed by atoms with Crippen LogP contribution in [0.1, 0.15) is 54.0 Å². The van der Waals surface area contributed by atoms with Crippen molar-refractivity contribution < 1.29 is 14.3 Å². The van der Waals surface area contributed by atoms with Gasteiger partial charge in [0.15, 0.2) is 5.69 Å². The number of urea groups is 1. The number of aromatic nitrogens is 3. The third-order valence-corrected chi connectivity index (χ3v) is 5.79. The van der Waals surface area contributed by atoms with Crippen molar-refractivity contribution in [1.29, 1.82) is 0 Å². The molecule has 2 aromatic rings. The van der Waals surface area contributed by atoms with Gasteiger partial charge in [0.05, 0.1) is 17.5 Å². The molecule has 9 heteroatoms. The van der Waals surface area contributed by atoms with Crippen LogP contribution in [0.5, 0.6) is 0 Å². The number of carbonyl (C=O) groups excluding carboxylic acids is 2. The molecule has 1 fully saturated rings. The SMILES string of the molecule is Cc1c(C(=O)NC[C@@H]2CCCO2)nnn1-c1cccc2c1CCN(C(=O)NC(C)C)C2. The molecule has 2 aliphatic rings. The zero-order valence-corrected chi connectivity index (χ0v) is 18.4. The third kappa shape index (κ3) is 4.56. The lowest BCUT2D eigenvalue weighted by atomic mass is 9.98. The number of hydrogen-bond donors (Lipinski definition) is 2. The molecule has 166 valence electrons. The number of nitrogens with zero attached hydrogens (tertiary/aromatic N) is 4. The van der Waals surface area contributed by atoms with Crippen LogP contribution < -0.4 is 10.6 Å². The van der Waals surface area contributed by atoms with Crippen molar-refractivity contribution in [3.8, 4) is 5.69 Å². The van der Waals surface area contributed by atoms with Gasteiger partial charge in [-0.3, -0.25) is 4.79 Å². The molecule has 0 unspecified atom stereocenters. The van der Waals surface area contributed by atoms with Gasteiger partial charge < -0.3 is 20.3 Å². The molecule has 3 heterocycles. The zero-order chi connectivity index (χ0) is 22.0. The Morgan fingerprint density at radius 1 is 1.32 bits per heavy atom. The first kappa shape index (κ1) is 21.3. The van der Waals surface area contributed by atoms with Crippen LogP contribution in [0.25, 0.3) is 5.69 Å². The average molecular weight is 427 g/mol. The number of rotatable bonds is 5. The summed E-state index contributed by atoms with van der Waals surface area (Å²) < 4.78 is 7.29. The number of nitrogens with one attached hydrogen (secondary N) is 2. The minimum Gasteiger partial charge on any atom is -0.376 e. The lowest BCUT2D eigenvalue weighted by molar-refractivity contribution is 0.0853. The summed E-state index contributed by atoms with van der Waals surface area (Å²) in [4.78, 5) is 26.8. The molecule has 2 aliphatic heterocycles. The third-order valence-electron chi connectivity index (χ3n) is 5.79. The van der Waals surface area contributed by atoms with Crippen LogP contribution >= 0.6 is 0 Å². The molecule has 1 atom stereocenters. The van der Waals surface area contributed by atoms with Gasteiger partial charge in [-0.2, -0.15) is 0 Å². The highest BCUT2D eigenvalue weighted by Gasteiger charge is 2.26. The molecular weight excluding hydrogens is 396 g/mol. The highest BCUT2D eigenvalue weighted by Crippen LogP contribution is 2.26. The van der Waals surface area contributed by atoms with Crippen molar-refractivity contribution in [2.75, 3.05) is 19.7 Å². The molecule has 1 saturated heterocycles. The number of hydrogen-bond acceptors (Lipinski definition) is 5. The van der Waals surface area contributed by atoms with E-state index in [1.54, 1.807) is 4.68 Å². The van der Waals surface area contributed by atoms with Crippen LogP contribution in [0.4, 0.5) is 4.79 Å². The van der Waals surface area contributed by atoms with Gasteiger partial charge in [0.2, 0.25) is 0 Å². The normalized spacial score (nSPS) is 18.2. The molecule has 1 aromatic heterocycles. The second kappa shape index (κ2) is 9.05. The number of ether oxygens (including phenoxy) is 1. The smallest absolute Gasteiger partial charge is 0.317 e. The fourth-order valence-corrected chi connectivity index (χ4v) is 4.16. The maximum Gasteiger partial charge on any atom is 0.317 e. The maximum atomic E-state index is 12.6. The van der Waals surface area contributed by atoms with Gasteiger partial charge in [0, 0.05) is 32.3 Å². The van der Waals surface area contributed by atoms with Crippen molar-refractivity contribution in [3.05, 3.63) is 40.7 Å². The monoisotopic (exact) mass is 426 g/mol. The van der Waals surface area contributed by atoms with Gasteiger partial charge in [0.25, 0.3) is 5.91 Å². The Balaban J connectivity index is 1.51. The molecule has 0 aliphatic carbocycles. The van der Waals surface area contributed by atoms with Crippen molar-refractivity contribution in [2.45, 2.75) is 58.7 Å². The van der Waals surface area contributed by atoms with E-state index in [0.717, 1.165) is 42.7 Å². The van der Waals surface area contributed by atoms with Crippen molar-refractivity contribution in [2.24, 2.45) is 0 Å². The average Bonchev–Trinajstić information content (AvgIpc) is 3.40. The van der Waals surface area contributed by atoms with E-state index in [1.807, 2.05) is 43.9 Å². The highest BCUT2D eigenvalue weighted by molar-refractivity contribution is 5.93. The predicted molar refractivity (Wildman–Crippen MR) is 115 cm³/mol. The van der Waals surface area contributed by atoms with Crippen LogP contribution in [0.15, 0.2) is 18.2 Å². The topological polar surface area (TPSA) is 101 Å². The Hall–Kier alpha value is -2.94. The van der Waals surface area contributed by atoms with Crippen LogP contribution in [-0.2, 0) is 17.7 Å². The van der Waals surface area contributed by atoms with Crippen LogP contribution in [0.2, 0.25) is 0 Å². The molecule has 31 heavy (non-hydrogen) atoms. The first-order valence-corrected chi connectivity index (χ1v) is 10.9. The minimum atomic E-state index is -0.236. The van der Waals surface area contributed by atoms with Gasteiger partial charge in [-0.15, -0.1) is 5.10 Å². The molecule has 0 saturated carbocycles. The van der Waals surface area contributed by atoms with E-state index in [1.165, 1.54) is 0 Å². The van der Waals surface area contributed by atoms with Gasteiger partial charge >= 0.3 is 6.03 Å². The van der Waals surface area contributed by atoms with Crippen LogP contribution in [0, 0.1) is 6.92 Å². The number of fused-ring (bicyclic) bond motifs is 1. The lowest BCUT2D eigenvalue weighted by Crippen LogP contribution is -2.45. The van der Waals surface area contributed by atoms with Crippen LogP contribution in [0.3, 0.4) is 0 Å². The Bertz CT molecular complexity index is 964. The molecule has 9 nitrogen and oxygen atoms in total. The highest BCUT2D eigenvalue weighted by atomic mass is 16.5. The fourth-order valence-electron chi connectivity index (χ4n) is 4.16. The van der Waals surface area contributed by atoms with Crippen molar-refractivity contribution >= 4 is 11.9 Å². The zero-order valence-electron chi connectivity index (χ0n) is 18.4. The summed E-state index contributed by atoms with van der Waals surface area (Å²) in [6, 6.07) is 6.03. The molecule has 0 radical (unpaired) electrons. The Morgan fingerprint density at radius 3 is 2.90 bits per heavy atom. The number of amides is 3. The fraction of sp³-hybridized carbons (Fsp3) is 0.545. The van der Waals surface area contributed by atoms with Gasteiger partial charge in [0.1, 0.15) is 0 Å². The van der Waals surface area contributed by atoms with E-state index in [2.05, 4.69) is 20.9 Å². The molecule has 2 N–H and O–H groups in total. The van der Waals surface area contributed by atoms with E-state index >= 15 is 0 Å². The molecule has 1 aromatic carbocycles. The number of benzene rings is 1. The largest absolute Gasteiger partial charge is 0.376 e. The van der Waals surface area contributed by atoms with Crippen molar-refractivity contribution in [1.82, 2.24) is 30.5 Å². The Kier molecular flexibility index (Phi) is 6.22. The quantitative estimate of drug-likeness (QED) is 0.761. The summed E-state index contributed by atoms with van der Waals surface area (Å²) in [6.07, 6.45) is 2.80. The Morgan fingerprint density at radius 2 is 2.16 bits per heavy atom. The van der Waals surface area contributed by atoms with Crippen LogP contribution in [-0.4, -0.2) is 63.7 Å². The molecular formula is C22H30N6O3. The molecule has 0 spiro atoms. The summed E-state index contributed by atoms with van der Waals surface area (Å²) in [5.41, 5.74) is 4.14. The predicted octanol–water partition coefficient (Wildman–Crippen LogP) is 1.96. The van der Waals surface area contributed by atoms with E-state index in [4.69, 9.17) is 4.74 Å². The summed E-state index contributed by atoms with van der Waals surface area (Å²) in [5.74, 6) is -0.236. The summed E-state index contributed by atoms with van der Waals surface area (Å²) in [5, 5.41) is 14.3. The maximum absolute atomic E-state index is 12.6. The summed E-state index contributed by atoms with van der Waals surface area (Å²) in [6.45, 7) is 8.18. The molecule has 0 bridgehead atoms.